The maximum atomic E-state index is 5.41. The number of allylic oxidation sites excluding steroid dienone is 1. The van der Waals surface area contributed by atoms with Gasteiger partial charge in [0.2, 0.25) is 5.88 Å². The number of hydrogen-bond acceptors (Lipinski definition) is 2. The van der Waals surface area contributed by atoms with Crippen LogP contribution in [0.1, 0.15) is 19.5 Å². The van der Waals surface area contributed by atoms with Crippen molar-refractivity contribution in [1.82, 2.24) is 9.78 Å². The Kier molecular flexibility index (Phi) is 3.12. The average Bonchev–Trinajstić information content (AvgIpc) is 2.30. The van der Waals surface area contributed by atoms with Crippen LogP contribution in [0.5, 0.6) is 5.88 Å². The van der Waals surface area contributed by atoms with Crippen LogP contribution in [0.15, 0.2) is 17.7 Å². The first-order valence-corrected chi connectivity index (χ1v) is 4.36. The van der Waals surface area contributed by atoms with Crippen molar-refractivity contribution < 1.29 is 4.74 Å². The second kappa shape index (κ2) is 4.12. The number of nitrogens with zero attached hydrogens (tertiary/aromatic N) is 2. The lowest BCUT2D eigenvalue weighted by Crippen LogP contribution is -1.96. The van der Waals surface area contributed by atoms with E-state index in [1.807, 2.05) is 40.0 Å². The molecule has 0 saturated heterocycles. The molecule has 3 heteroatoms. The summed E-state index contributed by atoms with van der Waals surface area (Å²) in [5, 5.41) is 4.17. The van der Waals surface area contributed by atoms with Gasteiger partial charge in [0, 0.05) is 18.8 Å². The standard InChI is InChI=1S/C10H16N2O/c1-8(2)5-6-13-10-7-9(3)12(4)11-10/h5,7H,6H2,1-4H3. The second-order valence-electron chi connectivity index (χ2n) is 3.34. The predicted octanol–water partition coefficient (Wildman–Crippen LogP) is 2.07. The van der Waals surface area contributed by atoms with Crippen molar-refractivity contribution in [3.05, 3.63) is 23.4 Å². The molecule has 1 rings (SSSR count). The third-order valence-electron chi connectivity index (χ3n) is 1.81. The van der Waals surface area contributed by atoms with Gasteiger partial charge in [-0.15, -0.1) is 5.10 Å². The fourth-order valence-corrected chi connectivity index (χ4v) is 0.892. The van der Waals surface area contributed by atoms with Crippen LogP contribution in [0.25, 0.3) is 0 Å². The topological polar surface area (TPSA) is 27.1 Å². The molecule has 0 amide bonds. The SMILES string of the molecule is CC(C)=CCOc1cc(C)n(C)n1. The smallest absolute Gasteiger partial charge is 0.233 e. The molecule has 0 fully saturated rings. The van der Waals surface area contributed by atoms with Crippen LogP contribution in [-0.4, -0.2) is 16.4 Å². The highest BCUT2D eigenvalue weighted by atomic mass is 16.5. The lowest BCUT2D eigenvalue weighted by Gasteiger charge is -1.97. The lowest BCUT2D eigenvalue weighted by molar-refractivity contribution is 0.343. The highest BCUT2D eigenvalue weighted by Crippen LogP contribution is 2.09. The van der Waals surface area contributed by atoms with E-state index in [1.165, 1.54) is 5.57 Å². The first-order valence-electron chi connectivity index (χ1n) is 4.36. The molecule has 0 aromatic carbocycles. The van der Waals surface area contributed by atoms with Crippen LogP contribution < -0.4 is 4.74 Å². The van der Waals surface area contributed by atoms with Crippen molar-refractivity contribution in [2.75, 3.05) is 6.61 Å². The Morgan fingerprint density at radius 3 is 2.77 bits per heavy atom. The Labute approximate surface area is 79.0 Å². The fourth-order valence-electron chi connectivity index (χ4n) is 0.892. The Morgan fingerprint density at radius 2 is 2.31 bits per heavy atom. The molecule has 0 N–H and O–H groups in total. The third kappa shape index (κ3) is 2.93. The van der Waals surface area contributed by atoms with E-state index in [4.69, 9.17) is 4.74 Å². The Morgan fingerprint density at radius 1 is 1.62 bits per heavy atom. The maximum Gasteiger partial charge on any atom is 0.233 e. The van der Waals surface area contributed by atoms with Gasteiger partial charge < -0.3 is 4.74 Å². The largest absolute Gasteiger partial charge is 0.472 e. The summed E-state index contributed by atoms with van der Waals surface area (Å²) in [4.78, 5) is 0. The highest BCUT2D eigenvalue weighted by molar-refractivity contribution is 5.14. The van der Waals surface area contributed by atoms with Crippen LogP contribution in [0, 0.1) is 6.92 Å². The zero-order chi connectivity index (χ0) is 9.84. The quantitative estimate of drug-likeness (QED) is 0.666. The van der Waals surface area contributed by atoms with Gasteiger partial charge in [-0.2, -0.15) is 0 Å². The molecule has 1 aromatic rings. The molecule has 0 saturated carbocycles. The van der Waals surface area contributed by atoms with Crippen LogP contribution in [0.4, 0.5) is 0 Å². The number of rotatable bonds is 3. The average molecular weight is 180 g/mol. The van der Waals surface area contributed by atoms with E-state index >= 15 is 0 Å². The molecular weight excluding hydrogens is 164 g/mol. The molecule has 13 heavy (non-hydrogen) atoms. The summed E-state index contributed by atoms with van der Waals surface area (Å²) in [6, 6.07) is 1.93. The molecule has 0 radical (unpaired) electrons. The summed E-state index contributed by atoms with van der Waals surface area (Å²) in [7, 11) is 1.91. The van der Waals surface area contributed by atoms with E-state index in [9.17, 15) is 0 Å². The summed E-state index contributed by atoms with van der Waals surface area (Å²) in [6.45, 7) is 6.69. The molecule has 0 atom stereocenters. The Hall–Kier alpha value is -1.25. The molecule has 1 aromatic heterocycles. The highest BCUT2D eigenvalue weighted by Gasteiger charge is 1.99. The van der Waals surface area contributed by atoms with Crippen LogP contribution in [0.2, 0.25) is 0 Å². The van der Waals surface area contributed by atoms with Crippen LogP contribution in [0.3, 0.4) is 0 Å². The molecule has 0 aliphatic rings. The van der Waals surface area contributed by atoms with E-state index in [0.717, 1.165) is 5.69 Å². The minimum Gasteiger partial charge on any atom is -0.472 e. The normalized spacial score (nSPS) is 9.85. The summed E-state index contributed by atoms with van der Waals surface area (Å²) in [5.74, 6) is 0.692. The van der Waals surface area contributed by atoms with Crippen molar-refractivity contribution in [3.63, 3.8) is 0 Å². The van der Waals surface area contributed by atoms with Gasteiger partial charge in [0.05, 0.1) is 0 Å². The summed E-state index contributed by atoms with van der Waals surface area (Å²) >= 11 is 0. The van der Waals surface area contributed by atoms with E-state index in [1.54, 1.807) is 4.68 Å². The van der Waals surface area contributed by atoms with Gasteiger partial charge in [-0.1, -0.05) is 5.57 Å². The predicted molar refractivity (Wildman–Crippen MR) is 52.9 cm³/mol. The van der Waals surface area contributed by atoms with Gasteiger partial charge in [0.25, 0.3) is 0 Å². The molecule has 0 unspecified atom stereocenters. The minimum absolute atomic E-state index is 0.596. The third-order valence-corrected chi connectivity index (χ3v) is 1.81. The monoisotopic (exact) mass is 180 g/mol. The number of aromatic nitrogens is 2. The minimum atomic E-state index is 0.596. The fraction of sp³-hybridized carbons (Fsp3) is 0.500. The Bertz CT molecular complexity index is 289. The van der Waals surface area contributed by atoms with Crippen molar-refractivity contribution in [3.8, 4) is 5.88 Å². The van der Waals surface area contributed by atoms with Gasteiger partial charge in [-0.05, 0) is 26.8 Å². The maximum absolute atomic E-state index is 5.41. The van der Waals surface area contributed by atoms with Crippen molar-refractivity contribution in [1.29, 1.82) is 0 Å². The van der Waals surface area contributed by atoms with Crippen molar-refractivity contribution in [2.45, 2.75) is 20.8 Å². The molecule has 1 heterocycles. The van der Waals surface area contributed by atoms with Gasteiger partial charge in [0.1, 0.15) is 6.61 Å². The molecule has 0 bridgehead atoms. The van der Waals surface area contributed by atoms with E-state index in [-0.39, 0.29) is 0 Å². The summed E-state index contributed by atoms with van der Waals surface area (Å²) in [6.07, 6.45) is 2.03. The number of ether oxygens (including phenoxy) is 1. The second-order valence-corrected chi connectivity index (χ2v) is 3.34. The van der Waals surface area contributed by atoms with Gasteiger partial charge in [-0.25, -0.2) is 0 Å². The zero-order valence-corrected chi connectivity index (χ0v) is 8.66. The molecule has 0 aliphatic heterocycles. The molecule has 3 nitrogen and oxygen atoms in total. The van der Waals surface area contributed by atoms with Gasteiger partial charge in [-0.3, -0.25) is 4.68 Å². The Balaban J connectivity index is 2.51. The molecular formula is C10H16N2O. The first kappa shape index (κ1) is 9.84. The molecule has 0 spiro atoms. The summed E-state index contributed by atoms with van der Waals surface area (Å²) < 4.78 is 7.21. The van der Waals surface area contributed by atoms with E-state index in [2.05, 4.69) is 5.10 Å². The lowest BCUT2D eigenvalue weighted by atomic mass is 10.3. The number of aryl methyl sites for hydroxylation is 2. The van der Waals surface area contributed by atoms with Gasteiger partial charge in [0.15, 0.2) is 0 Å². The molecule has 72 valence electrons. The van der Waals surface area contributed by atoms with Crippen molar-refractivity contribution >= 4 is 0 Å². The van der Waals surface area contributed by atoms with Crippen LogP contribution in [-0.2, 0) is 7.05 Å². The first-order chi connectivity index (χ1) is 6.09. The number of hydrogen-bond donors (Lipinski definition) is 0. The van der Waals surface area contributed by atoms with Gasteiger partial charge >= 0.3 is 0 Å². The zero-order valence-electron chi connectivity index (χ0n) is 8.66. The molecule has 0 aliphatic carbocycles. The van der Waals surface area contributed by atoms with E-state index in [0.29, 0.717) is 12.5 Å². The summed E-state index contributed by atoms with van der Waals surface area (Å²) in [5.41, 5.74) is 2.36. The van der Waals surface area contributed by atoms with Crippen LogP contribution >= 0.6 is 0 Å². The van der Waals surface area contributed by atoms with Crippen molar-refractivity contribution in [2.24, 2.45) is 7.05 Å². The van der Waals surface area contributed by atoms with E-state index < -0.39 is 0 Å².